The van der Waals surface area contributed by atoms with Crippen molar-refractivity contribution < 1.29 is 10.2 Å². The van der Waals surface area contributed by atoms with E-state index in [1.807, 2.05) is 36.4 Å². The molecule has 1 unspecified atom stereocenters. The first kappa shape index (κ1) is 14.7. The molecular weight excluding hydrogens is 276 g/mol. The molecule has 0 spiro atoms. The number of nitrogens with one attached hydrogen (secondary N) is 1. The van der Waals surface area contributed by atoms with Gasteiger partial charge in [0.1, 0.15) is 0 Å². The van der Waals surface area contributed by atoms with Gasteiger partial charge in [0.15, 0.2) is 0 Å². The first-order valence-corrected chi connectivity index (χ1v) is 6.66. The van der Waals surface area contributed by atoms with Crippen molar-refractivity contribution in [1.29, 1.82) is 0 Å². The highest BCUT2D eigenvalue weighted by Gasteiger charge is 2.06. The standard InChI is InChI=1S/C15H17ClN2O2/c16-11-3-1-10(2-4-11)14-7-12(5-6-15(14)17)18-8-13(20)9-19/h1-7,13,18-20H,8-9,17H2. The third-order valence-corrected chi connectivity index (χ3v) is 3.21. The predicted molar refractivity (Wildman–Crippen MR) is 82.9 cm³/mol. The van der Waals surface area contributed by atoms with E-state index in [4.69, 9.17) is 22.4 Å². The van der Waals surface area contributed by atoms with Gasteiger partial charge in [-0.05, 0) is 35.9 Å². The lowest BCUT2D eigenvalue weighted by molar-refractivity contribution is 0.105. The van der Waals surface area contributed by atoms with Crippen molar-refractivity contribution in [2.24, 2.45) is 0 Å². The molecule has 5 heteroatoms. The summed E-state index contributed by atoms with van der Waals surface area (Å²) < 4.78 is 0. The fraction of sp³-hybridized carbons (Fsp3) is 0.200. The van der Waals surface area contributed by atoms with E-state index >= 15 is 0 Å². The van der Waals surface area contributed by atoms with Gasteiger partial charge in [-0.1, -0.05) is 23.7 Å². The zero-order valence-electron chi connectivity index (χ0n) is 10.9. The van der Waals surface area contributed by atoms with Crippen LogP contribution in [0, 0.1) is 0 Å². The minimum Gasteiger partial charge on any atom is -0.398 e. The molecule has 0 saturated carbocycles. The van der Waals surface area contributed by atoms with Crippen LogP contribution in [-0.4, -0.2) is 29.5 Å². The molecule has 0 aliphatic carbocycles. The molecule has 106 valence electrons. The van der Waals surface area contributed by atoms with E-state index in [2.05, 4.69) is 5.32 Å². The van der Waals surface area contributed by atoms with Crippen molar-refractivity contribution in [1.82, 2.24) is 0 Å². The second-order valence-electron chi connectivity index (χ2n) is 4.53. The molecule has 0 amide bonds. The van der Waals surface area contributed by atoms with Gasteiger partial charge in [0.2, 0.25) is 0 Å². The molecule has 1 atom stereocenters. The zero-order valence-corrected chi connectivity index (χ0v) is 11.6. The molecule has 0 saturated heterocycles. The molecule has 2 aromatic carbocycles. The van der Waals surface area contributed by atoms with Gasteiger partial charge in [-0.2, -0.15) is 0 Å². The average molecular weight is 293 g/mol. The van der Waals surface area contributed by atoms with Gasteiger partial charge in [0.25, 0.3) is 0 Å². The molecule has 0 fully saturated rings. The Bertz CT molecular complexity index is 573. The van der Waals surface area contributed by atoms with Crippen molar-refractivity contribution in [3.05, 3.63) is 47.5 Å². The Kier molecular flexibility index (Phi) is 4.84. The number of halogens is 1. The van der Waals surface area contributed by atoms with E-state index in [0.717, 1.165) is 16.8 Å². The summed E-state index contributed by atoms with van der Waals surface area (Å²) >= 11 is 5.88. The van der Waals surface area contributed by atoms with E-state index in [1.165, 1.54) is 0 Å². The van der Waals surface area contributed by atoms with Crippen LogP contribution in [0.15, 0.2) is 42.5 Å². The SMILES string of the molecule is Nc1ccc(NCC(O)CO)cc1-c1ccc(Cl)cc1. The van der Waals surface area contributed by atoms with Gasteiger partial charge < -0.3 is 21.3 Å². The van der Waals surface area contributed by atoms with E-state index in [0.29, 0.717) is 10.7 Å². The maximum absolute atomic E-state index is 9.34. The first-order valence-electron chi connectivity index (χ1n) is 6.28. The quantitative estimate of drug-likeness (QED) is 0.638. The number of nitrogen functional groups attached to an aromatic ring is 1. The third-order valence-electron chi connectivity index (χ3n) is 2.96. The number of rotatable bonds is 5. The van der Waals surface area contributed by atoms with Crippen LogP contribution in [0.5, 0.6) is 0 Å². The Morgan fingerprint density at radius 2 is 1.85 bits per heavy atom. The second kappa shape index (κ2) is 6.61. The van der Waals surface area contributed by atoms with Gasteiger partial charge in [0, 0.05) is 28.5 Å². The Morgan fingerprint density at radius 3 is 2.50 bits per heavy atom. The Morgan fingerprint density at radius 1 is 1.15 bits per heavy atom. The molecule has 0 heterocycles. The second-order valence-corrected chi connectivity index (χ2v) is 4.96. The van der Waals surface area contributed by atoms with E-state index in [9.17, 15) is 5.11 Å². The molecule has 0 aliphatic rings. The summed E-state index contributed by atoms with van der Waals surface area (Å²) in [5, 5.41) is 21.9. The summed E-state index contributed by atoms with van der Waals surface area (Å²) in [6.07, 6.45) is -0.786. The lowest BCUT2D eigenvalue weighted by Gasteiger charge is -2.13. The molecule has 2 rings (SSSR count). The molecule has 5 N–H and O–H groups in total. The topological polar surface area (TPSA) is 78.5 Å². The van der Waals surface area contributed by atoms with Crippen LogP contribution in [-0.2, 0) is 0 Å². The number of nitrogens with two attached hydrogens (primary N) is 1. The fourth-order valence-corrected chi connectivity index (χ4v) is 1.97. The highest BCUT2D eigenvalue weighted by molar-refractivity contribution is 6.30. The Balaban J connectivity index is 2.22. The fourth-order valence-electron chi connectivity index (χ4n) is 1.85. The van der Waals surface area contributed by atoms with Crippen molar-refractivity contribution in [2.45, 2.75) is 6.10 Å². The highest BCUT2D eigenvalue weighted by Crippen LogP contribution is 2.29. The normalized spacial score (nSPS) is 12.2. The number of benzene rings is 2. The third kappa shape index (κ3) is 3.63. The van der Waals surface area contributed by atoms with Crippen LogP contribution in [0.3, 0.4) is 0 Å². The van der Waals surface area contributed by atoms with Gasteiger partial charge in [0.05, 0.1) is 12.7 Å². The summed E-state index contributed by atoms with van der Waals surface area (Å²) in [7, 11) is 0. The minimum atomic E-state index is -0.786. The van der Waals surface area contributed by atoms with Crippen LogP contribution in [0.2, 0.25) is 5.02 Å². The number of hydrogen-bond donors (Lipinski definition) is 4. The highest BCUT2D eigenvalue weighted by atomic mass is 35.5. The van der Waals surface area contributed by atoms with Crippen LogP contribution < -0.4 is 11.1 Å². The Labute approximate surface area is 122 Å². The van der Waals surface area contributed by atoms with Gasteiger partial charge in [-0.15, -0.1) is 0 Å². The van der Waals surface area contributed by atoms with E-state index < -0.39 is 6.10 Å². The monoisotopic (exact) mass is 292 g/mol. The molecular formula is C15H17ClN2O2. The zero-order chi connectivity index (χ0) is 14.5. The number of aliphatic hydroxyl groups excluding tert-OH is 2. The van der Waals surface area contributed by atoms with Crippen LogP contribution in [0.1, 0.15) is 0 Å². The van der Waals surface area contributed by atoms with Gasteiger partial charge in [-0.25, -0.2) is 0 Å². The maximum atomic E-state index is 9.34. The summed E-state index contributed by atoms with van der Waals surface area (Å²) in [4.78, 5) is 0. The molecule has 0 aromatic heterocycles. The lowest BCUT2D eigenvalue weighted by atomic mass is 10.0. The molecule has 2 aromatic rings. The molecule has 0 aliphatic heterocycles. The van der Waals surface area contributed by atoms with Crippen LogP contribution in [0.4, 0.5) is 11.4 Å². The van der Waals surface area contributed by atoms with Gasteiger partial charge in [-0.3, -0.25) is 0 Å². The Hall–Kier alpha value is -1.75. The lowest BCUT2D eigenvalue weighted by Crippen LogP contribution is -2.22. The molecule has 4 nitrogen and oxygen atoms in total. The minimum absolute atomic E-state index is 0.272. The van der Waals surface area contributed by atoms with Gasteiger partial charge >= 0.3 is 0 Å². The van der Waals surface area contributed by atoms with Crippen LogP contribution >= 0.6 is 11.6 Å². The number of anilines is 2. The summed E-state index contributed by atoms with van der Waals surface area (Å²) in [6.45, 7) is 0.00644. The summed E-state index contributed by atoms with van der Waals surface area (Å²) in [6, 6.07) is 13.0. The molecule has 20 heavy (non-hydrogen) atoms. The van der Waals surface area contributed by atoms with Crippen LogP contribution in [0.25, 0.3) is 11.1 Å². The van der Waals surface area contributed by atoms with Crippen molar-refractivity contribution in [2.75, 3.05) is 24.2 Å². The van der Waals surface area contributed by atoms with E-state index in [-0.39, 0.29) is 13.2 Å². The first-order chi connectivity index (χ1) is 9.60. The largest absolute Gasteiger partial charge is 0.398 e. The van der Waals surface area contributed by atoms with Crippen molar-refractivity contribution >= 4 is 23.0 Å². The number of aliphatic hydroxyl groups is 2. The van der Waals surface area contributed by atoms with E-state index in [1.54, 1.807) is 6.07 Å². The summed E-state index contributed by atoms with van der Waals surface area (Å²) in [5.74, 6) is 0. The average Bonchev–Trinajstić information content (AvgIpc) is 2.47. The smallest absolute Gasteiger partial charge is 0.0942 e. The van der Waals surface area contributed by atoms with Crippen molar-refractivity contribution in [3.63, 3.8) is 0 Å². The molecule has 0 radical (unpaired) electrons. The maximum Gasteiger partial charge on any atom is 0.0942 e. The molecule has 0 bridgehead atoms. The van der Waals surface area contributed by atoms with Crippen molar-refractivity contribution in [3.8, 4) is 11.1 Å². The predicted octanol–water partition coefficient (Wildman–Crippen LogP) is 2.35. The number of hydrogen-bond acceptors (Lipinski definition) is 4. The summed E-state index contributed by atoms with van der Waals surface area (Å²) in [5.41, 5.74) is 9.35.